The van der Waals surface area contributed by atoms with Crippen LogP contribution in [0.5, 0.6) is 0 Å². The van der Waals surface area contributed by atoms with Crippen LogP contribution in [-0.4, -0.2) is 16.1 Å². The highest BCUT2D eigenvalue weighted by Crippen LogP contribution is 2.32. The first-order valence-corrected chi connectivity index (χ1v) is 9.14. The van der Waals surface area contributed by atoms with Crippen molar-refractivity contribution < 1.29 is 0 Å². The second-order valence-corrected chi connectivity index (χ2v) is 7.11. The maximum absolute atomic E-state index is 5.93. The van der Waals surface area contributed by atoms with E-state index in [9.17, 15) is 0 Å². The number of thiocarbonyl (C=S) groups is 1. The molecule has 2 rings (SSSR count). The number of nitrogens with one attached hydrogen (secondary N) is 2. The van der Waals surface area contributed by atoms with Crippen LogP contribution in [0, 0.1) is 0 Å². The van der Waals surface area contributed by atoms with Crippen LogP contribution in [0.2, 0.25) is 5.02 Å². The summed E-state index contributed by atoms with van der Waals surface area (Å²) in [6, 6.07) is 11.9. The maximum atomic E-state index is 5.93. The van der Waals surface area contributed by atoms with E-state index in [1.165, 1.54) is 0 Å². The van der Waals surface area contributed by atoms with Crippen molar-refractivity contribution in [2.24, 2.45) is 0 Å². The molecule has 0 bridgehead atoms. The number of halogens is 1. The van der Waals surface area contributed by atoms with Gasteiger partial charge in [0.05, 0.1) is 5.69 Å². The first kappa shape index (κ1) is 18.0. The molecule has 2 N–H and O–H groups in total. The minimum absolute atomic E-state index is 0.351. The summed E-state index contributed by atoms with van der Waals surface area (Å²) >= 11 is 12.9. The number of nitrogens with zero attached hydrogens (tertiary/aromatic N) is 1. The molecule has 0 aliphatic carbocycles. The zero-order valence-corrected chi connectivity index (χ0v) is 15.6. The fourth-order valence-electron chi connectivity index (χ4n) is 2.07. The topological polar surface area (TPSA) is 37.0 Å². The molecule has 6 heteroatoms. The van der Waals surface area contributed by atoms with Crippen LogP contribution in [0.15, 0.2) is 52.5 Å². The van der Waals surface area contributed by atoms with E-state index in [2.05, 4.69) is 29.5 Å². The number of anilines is 1. The summed E-state index contributed by atoms with van der Waals surface area (Å²) in [5, 5.41) is 8.76. The molecule has 23 heavy (non-hydrogen) atoms. The fraction of sp³-hybridized carbons (Fsp3) is 0.294. The van der Waals surface area contributed by atoms with Gasteiger partial charge in [0.25, 0.3) is 0 Å². The van der Waals surface area contributed by atoms with E-state index in [4.69, 9.17) is 23.8 Å². The van der Waals surface area contributed by atoms with E-state index in [1.807, 2.05) is 36.4 Å². The lowest BCUT2D eigenvalue weighted by Gasteiger charge is -2.17. The molecule has 0 amide bonds. The van der Waals surface area contributed by atoms with Crippen LogP contribution in [-0.2, 0) is 0 Å². The smallest absolute Gasteiger partial charge is 0.171 e. The highest BCUT2D eigenvalue weighted by molar-refractivity contribution is 7.99. The Morgan fingerprint density at radius 2 is 2.04 bits per heavy atom. The largest absolute Gasteiger partial charge is 0.360 e. The summed E-state index contributed by atoms with van der Waals surface area (Å²) in [5.41, 5.74) is 0.897. The molecule has 0 radical (unpaired) electrons. The summed E-state index contributed by atoms with van der Waals surface area (Å²) in [5.74, 6) is 0. The molecule has 0 saturated carbocycles. The summed E-state index contributed by atoms with van der Waals surface area (Å²) in [7, 11) is 0. The van der Waals surface area contributed by atoms with Crippen molar-refractivity contribution in [1.82, 2.24) is 10.3 Å². The van der Waals surface area contributed by atoms with E-state index >= 15 is 0 Å². The molecule has 3 nitrogen and oxygen atoms in total. The standard InChI is InChI=1S/C17H20ClN3S2/c1-3-5-12(2)20-17(22)21-15-6-4-11-19-16(15)23-14-9-7-13(18)8-10-14/h4,6-12H,3,5H2,1-2H3,(H2,20,21,22)/t12-/m0/s1. The van der Waals surface area contributed by atoms with Crippen molar-refractivity contribution in [3.63, 3.8) is 0 Å². The summed E-state index contributed by atoms with van der Waals surface area (Å²) in [6.45, 7) is 4.29. The van der Waals surface area contributed by atoms with Crippen LogP contribution in [0.4, 0.5) is 5.69 Å². The molecule has 2 aromatic rings. The molecule has 0 fully saturated rings. The lowest BCUT2D eigenvalue weighted by Crippen LogP contribution is -2.35. The summed E-state index contributed by atoms with van der Waals surface area (Å²) < 4.78 is 0. The Balaban J connectivity index is 2.05. The second-order valence-electron chi connectivity index (χ2n) is 5.20. The Labute approximate surface area is 152 Å². The Hall–Kier alpha value is -1.30. The van der Waals surface area contributed by atoms with Crippen molar-refractivity contribution in [2.45, 2.75) is 42.7 Å². The van der Waals surface area contributed by atoms with Crippen molar-refractivity contribution in [1.29, 1.82) is 0 Å². The fourth-order valence-corrected chi connectivity index (χ4v) is 3.34. The number of aromatic nitrogens is 1. The van der Waals surface area contributed by atoms with Crippen LogP contribution in [0.25, 0.3) is 0 Å². The zero-order chi connectivity index (χ0) is 16.7. The number of pyridine rings is 1. The molecule has 122 valence electrons. The lowest BCUT2D eigenvalue weighted by molar-refractivity contribution is 0.599. The van der Waals surface area contributed by atoms with Gasteiger partial charge in [-0.05, 0) is 62.0 Å². The van der Waals surface area contributed by atoms with E-state index in [0.29, 0.717) is 11.2 Å². The van der Waals surface area contributed by atoms with Crippen molar-refractivity contribution in [2.75, 3.05) is 5.32 Å². The monoisotopic (exact) mass is 365 g/mol. The normalized spacial score (nSPS) is 11.8. The molecule has 0 aliphatic rings. The Morgan fingerprint density at radius 3 is 2.74 bits per heavy atom. The van der Waals surface area contributed by atoms with E-state index < -0.39 is 0 Å². The molecule has 0 spiro atoms. The van der Waals surface area contributed by atoms with Gasteiger partial charge in [-0.2, -0.15) is 0 Å². The van der Waals surface area contributed by atoms with Gasteiger partial charge in [-0.1, -0.05) is 36.7 Å². The summed E-state index contributed by atoms with van der Waals surface area (Å²) in [6.07, 6.45) is 3.99. The molecule has 1 atom stereocenters. The highest BCUT2D eigenvalue weighted by Gasteiger charge is 2.09. The first-order chi connectivity index (χ1) is 11.1. The third kappa shape index (κ3) is 6.01. The van der Waals surface area contributed by atoms with Crippen LogP contribution in [0.3, 0.4) is 0 Å². The first-order valence-electron chi connectivity index (χ1n) is 7.54. The quantitative estimate of drug-likeness (QED) is 0.674. The minimum Gasteiger partial charge on any atom is -0.360 e. The number of rotatable bonds is 6. The predicted molar refractivity (Wildman–Crippen MR) is 104 cm³/mol. The van der Waals surface area contributed by atoms with Gasteiger partial charge in [0.2, 0.25) is 0 Å². The molecule has 1 aromatic carbocycles. The predicted octanol–water partition coefficient (Wildman–Crippen LogP) is 5.36. The number of hydrogen-bond acceptors (Lipinski definition) is 3. The minimum atomic E-state index is 0.351. The summed E-state index contributed by atoms with van der Waals surface area (Å²) in [4.78, 5) is 5.52. The Kier molecular flexibility index (Phi) is 7.15. The average Bonchev–Trinajstić information content (AvgIpc) is 2.51. The molecular formula is C17H20ClN3S2. The third-order valence-corrected chi connectivity index (χ3v) is 4.65. The van der Waals surface area contributed by atoms with Gasteiger partial charge in [-0.25, -0.2) is 4.98 Å². The van der Waals surface area contributed by atoms with Crippen molar-refractivity contribution in [3.8, 4) is 0 Å². The van der Waals surface area contributed by atoms with Gasteiger partial charge >= 0.3 is 0 Å². The molecule has 0 saturated heterocycles. The second kappa shape index (κ2) is 9.11. The zero-order valence-electron chi connectivity index (χ0n) is 13.2. The van der Waals surface area contributed by atoms with Gasteiger partial charge in [0, 0.05) is 22.2 Å². The molecule has 0 aliphatic heterocycles. The van der Waals surface area contributed by atoms with Crippen LogP contribution < -0.4 is 10.6 Å². The van der Waals surface area contributed by atoms with Crippen LogP contribution >= 0.6 is 35.6 Å². The third-order valence-electron chi connectivity index (χ3n) is 3.15. The van der Waals surface area contributed by atoms with E-state index in [-0.39, 0.29) is 0 Å². The van der Waals surface area contributed by atoms with Gasteiger partial charge in [-0.15, -0.1) is 0 Å². The lowest BCUT2D eigenvalue weighted by atomic mass is 10.2. The maximum Gasteiger partial charge on any atom is 0.171 e. The Morgan fingerprint density at radius 1 is 1.30 bits per heavy atom. The number of benzene rings is 1. The van der Waals surface area contributed by atoms with E-state index in [1.54, 1.807) is 18.0 Å². The van der Waals surface area contributed by atoms with Gasteiger partial charge in [0.1, 0.15) is 5.03 Å². The molecule has 1 heterocycles. The van der Waals surface area contributed by atoms with Crippen molar-refractivity contribution in [3.05, 3.63) is 47.6 Å². The SMILES string of the molecule is CCC[C@H](C)NC(=S)Nc1cccnc1Sc1ccc(Cl)cc1. The van der Waals surface area contributed by atoms with Gasteiger partial charge < -0.3 is 10.6 Å². The van der Waals surface area contributed by atoms with Crippen LogP contribution in [0.1, 0.15) is 26.7 Å². The van der Waals surface area contributed by atoms with Crippen molar-refractivity contribution >= 4 is 46.4 Å². The van der Waals surface area contributed by atoms with Gasteiger partial charge in [-0.3, -0.25) is 0 Å². The average molecular weight is 366 g/mol. The molecule has 1 aromatic heterocycles. The highest BCUT2D eigenvalue weighted by atomic mass is 35.5. The molecule has 0 unspecified atom stereocenters. The Bertz CT molecular complexity index is 647. The van der Waals surface area contributed by atoms with Gasteiger partial charge in [0.15, 0.2) is 5.11 Å². The van der Waals surface area contributed by atoms with E-state index in [0.717, 1.165) is 33.5 Å². The number of hydrogen-bond donors (Lipinski definition) is 2. The molecular weight excluding hydrogens is 346 g/mol.